The monoisotopic (exact) mass is 321 g/mol. The van der Waals surface area contributed by atoms with E-state index in [0.717, 1.165) is 24.0 Å². The van der Waals surface area contributed by atoms with Crippen LogP contribution in [0.15, 0.2) is 41.1 Å². The summed E-state index contributed by atoms with van der Waals surface area (Å²) in [4.78, 5) is 0. The molecule has 19 heavy (non-hydrogen) atoms. The van der Waals surface area contributed by atoms with E-state index in [4.69, 9.17) is 0 Å². The maximum absolute atomic E-state index is 4.45. The van der Waals surface area contributed by atoms with Gasteiger partial charge < -0.3 is 5.32 Å². The van der Waals surface area contributed by atoms with E-state index in [0.29, 0.717) is 6.04 Å². The van der Waals surface area contributed by atoms with Crippen LogP contribution in [0.1, 0.15) is 37.4 Å². The zero-order chi connectivity index (χ0) is 13.7. The van der Waals surface area contributed by atoms with Crippen molar-refractivity contribution in [3.05, 3.63) is 52.3 Å². The summed E-state index contributed by atoms with van der Waals surface area (Å²) in [5, 5.41) is 7.92. The minimum Gasteiger partial charge on any atom is -0.310 e. The average Bonchev–Trinajstić information content (AvgIpc) is 2.87. The summed E-state index contributed by atoms with van der Waals surface area (Å²) in [6.45, 7) is 6.13. The van der Waals surface area contributed by atoms with Crippen LogP contribution in [-0.2, 0) is 6.54 Å². The molecule has 1 aromatic carbocycles. The van der Waals surface area contributed by atoms with Gasteiger partial charge in [-0.2, -0.15) is 5.10 Å². The van der Waals surface area contributed by atoms with Gasteiger partial charge in [-0.1, -0.05) is 41.9 Å². The number of hydrogen-bond acceptors (Lipinski definition) is 2. The van der Waals surface area contributed by atoms with Crippen LogP contribution in [0.3, 0.4) is 0 Å². The summed E-state index contributed by atoms with van der Waals surface area (Å²) < 4.78 is 3.11. The van der Waals surface area contributed by atoms with E-state index >= 15 is 0 Å². The second-order valence-corrected chi connectivity index (χ2v) is 5.53. The summed E-state index contributed by atoms with van der Waals surface area (Å²) >= 11 is 3.45. The Morgan fingerprint density at radius 3 is 2.63 bits per heavy atom. The van der Waals surface area contributed by atoms with Crippen LogP contribution in [0.5, 0.6) is 0 Å². The minimum absolute atomic E-state index is 0.406. The number of aromatic nitrogens is 2. The van der Waals surface area contributed by atoms with Gasteiger partial charge in [0.2, 0.25) is 0 Å². The molecule has 102 valence electrons. The molecule has 0 aliphatic rings. The van der Waals surface area contributed by atoms with E-state index in [2.05, 4.69) is 70.7 Å². The molecule has 0 saturated carbocycles. The van der Waals surface area contributed by atoms with Crippen molar-refractivity contribution in [1.82, 2.24) is 15.1 Å². The maximum Gasteiger partial charge on any atom is 0.0659 e. The second kappa shape index (κ2) is 6.87. The molecule has 1 aromatic heterocycles. The molecular weight excluding hydrogens is 302 g/mol. The lowest BCUT2D eigenvalue weighted by Gasteiger charge is -2.13. The summed E-state index contributed by atoms with van der Waals surface area (Å²) in [5.74, 6) is 0. The smallest absolute Gasteiger partial charge is 0.0659 e. The molecule has 0 fully saturated rings. The Hall–Kier alpha value is -1.13. The molecule has 3 nitrogen and oxygen atoms in total. The molecule has 2 rings (SSSR count). The Morgan fingerprint density at radius 1 is 1.26 bits per heavy atom. The van der Waals surface area contributed by atoms with Crippen LogP contribution < -0.4 is 5.32 Å². The van der Waals surface area contributed by atoms with E-state index in [-0.39, 0.29) is 0 Å². The quantitative estimate of drug-likeness (QED) is 0.878. The molecule has 0 saturated heterocycles. The lowest BCUT2D eigenvalue weighted by atomic mass is 10.1. The zero-order valence-electron chi connectivity index (χ0n) is 11.4. The molecule has 0 aliphatic heterocycles. The van der Waals surface area contributed by atoms with Gasteiger partial charge in [0, 0.05) is 22.3 Å². The van der Waals surface area contributed by atoms with Gasteiger partial charge in [0.1, 0.15) is 0 Å². The number of halogens is 1. The molecule has 1 unspecified atom stereocenters. The van der Waals surface area contributed by atoms with Crippen LogP contribution in [0.2, 0.25) is 0 Å². The van der Waals surface area contributed by atoms with Crippen LogP contribution in [0.4, 0.5) is 0 Å². The number of benzene rings is 1. The van der Waals surface area contributed by atoms with Crippen molar-refractivity contribution >= 4 is 15.9 Å². The average molecular weight is 322 g/mol. The minimum atomic E-state index is 0.406. The fraction of sp³-hybridized carbons (Fsp3) is 0.400. The molecule has 0 spiro atoms. The largest absolute Gasteiger partial charge is 0.310 e. The fourth-order valence-corrected chi connectivity index (χ4v) is 2.43. The molecule has 1 N–H and O–H groups in total. The fourth-order valence-electron chi connectivity index (χ4n) is 2.17. The number of nitrogens with zero attached hydrogens (tertiary/aromatic N) is 2. The van der Waals surface area contributed by atoms with Gasteiger partial charge in [-0.15, -0.1) is 0 Å². The van der Waals surface area contributed by atoms with Crippen molar-refractivity contribution in [2.75, 3.05) is 6.54 Å². The molecule has 1 heterocycles. The van der Waals surface area contributed by atoms with E-state index in [9.17, 15) is 0 Å². The molecule has 0 bridgehead atoms. The van der Waals surface area contributed by atoms with Crippen molar-refractivity contribution < 1.29 is 0 Å². The van der Waals surface area contributed by atoms with E-state index < -0.39 is 0 Å². The topological polar surface area (TPSA) is 29.9 Å². The number of nitrogens with one attached hydrogen (secondary N) is 1. The van der Waals surface area contributed by atoms with Gasteiger partial charge in [0.25, 0.3) is 0 Å². The van der Waals surface area contributed by atoms with E-state index in [1.165, 1.54) is 11.1 Å². The summed E-state index contributed by atoms with van der Waals surface area (Å²) in [5.41, 5.74) is 2.52. The molecule has 0 aliphatic carbocycles. The Morgan fingerprint density at radius 2 is 2.00 bits per heavy atom. The maximum atomic E-state index is 4.45. The highest BCUT2D eigenvalue weighted by Gasteiger charge is 2.10. The molecule has 0 radical (unpaired) electrons. The predicted octanol–water partition coefficient (Wildman–Crippen LogP) is 3.75. The van der Waals surface area contributed by atoms with Crippen LogP contribution in [-0.4, -0.2) is 16.3 Å². The summed E-state index contributed by atoms with van der Waals surface area (Å²) in [6.07, 6.45) is 5.19. The standard InChI is InChI=1S/C15H20BrN3/c1-3-15(17-4-2)13-9-18-19(11-13)10-12-5-7-14(16)8-6-12/h5-9,11,15,17H,3-4,10H2,1-2H3. The number of hydrogen-bond donors (Lipinski definition) is 1. The summed E-state index contributed by atoms with van der Waals surface area (Å²) in [6, 6.07) is 8.77. The molecule has 0 amide bonds. The first kappa shape index (κ1) is 14.3. The lowest BCUT2D eigenvalue weighted by Crippen LogP contribution is -2.19. The predicted molar refractivity (Wildman–Crippen MR) is 82.2 cm³/mol. The molecule has 1 atom stereocenters. The van der Waals surface area contributed by atoms with E-state index in [1.54, 1.807) is 0 Å². The molecular formula is C15H20BrN3. The normalized spacial score (nSPS) is 12.6. The van der Waals surface area contributed by atoms with E-state index in [1.807, 2.05) is 10.9 Å². The van der Waals surface area contributed by atoms with Crippen LogP contribution in [0.25, 0.3) is 0 Å². The highest BCUT2D eigenvalue weighted by molar-refractivity contribution is 9.10. The highest BCUT2D eigenvalue weighted by atomic mass is 79.9. The Labute approximate surface area is 123 Å². The third-order valence-corrected chi connectivity index (χ3v) is 3.70. The first-order valence-electron chi connectivity index (χ1n) is 6.73. The molecule has 4 heteroatoms. The third-order valence-electron chi connectivity index (χ3n) is 3.17. The van der Waals surface area contributed by atoms with Crippen molar-refractivity contribution in [3.63, 3.8) is 0 Å². The van der Waals surface area contributed by atoms with Gasteiger partial charge in [0.15, 0.2) is 0 Å². The SMILES string of the molecule is CCNC(CC)c1cnn(Cc2ccc(Br)cc2)c1. The molecule has 2 aromatic rings. The van der Waals surface area contributed by atoms with Crippen molar-refractivity contribution in [2.24, 2.45) is 0 Å². The third kappa shape index (κ3) is 3.91. The van der Waals surface area contributed by atoms with Crippen molar-refractivity contribution in [2.45, 2.75) is 32.9 Å². The Kier molecular flexibility index (Phi) is 5.16. The van der Waals surface area contributed by atoms with Crippen molar-refractivity contribution in [1.29, 1.82) is 0 Å². The van der Waals surface area contributed by atoms with Gasteiger partial charge in [-0.05, 0) is 30.7 Å². The first-order valence-corrected chi connectivity index (χ1v) is 7.52. The highest BCUT2D eigenvalue weighted by Crippen LogP contribution is 2.16. The van der Waals surface area contributed by atoms with Gasteiger partial charge in [-0.25, -0.2) is 0 Å². The first-order chi connectivity index (χ1) is 9.22. The van der Waals surface area contributed by atoms with Crippen LogP contribution >= 0.6 is 15.9 Å². The Balaban J connectivity index is 2.06. The van der Waals surface area contributed by atoms with Gasteiger partial charge >= 0.3 is 0 Å². The zero-order valence-corrected chi connectivity index (χ0v) is 13.0. The Bertz CT molecular complexity index is 504. The number of rotatable bonds is 6. The van der Waals surface area contributed by atoms with Crippen molar-refractivity contribution in [3.8, 4) is 0 Å². The van der Waals surface area contributed by atoms with Crippen LogP contribution in [0, 0.1) is 0 Å². The summed E-state index contributed by atoms with van der Waals surface area (Å²) in [7, 11) is 0. The second-order valence-electron chi connectivity index (χ2n) is 4.62. The van der Waals surface area contributed by atoms with Gasteiger partial charge in [0.05, 0.1) is 12.7 Å². The van der Waals surface area contributed by atoms with Gasteiger partial charge in [-0.3, -0.25) is 4.68 Å². The lowest BCUT2D eigenvalue weighted by molar-refractivity contribution is 0.536.